The highest BCUT2D eigenvalue weighted by Crippen LogP contribution is 2.30. The molecule has 2 atom stereocenters. The highest BCUT2D eigenvalue weighted by Gasteiger charge is 2.40. The Balaban J connectivity index is 2.33. The van der Waals surface area contributed by atoms with Crippen LogP contribution >= 0.6 is 11.6 Å². The Bertz CT molecular complexity index is 570. The summed E-state index contributed by atoms with van der Waals surface area (Å²) in [6.45, 7) is 7.24. The lowest BCUT2D eigenvalue weighted by Gasteiger charge is -2.23. The molecule has 1 aliphatic heterocycles. The molecule has 0 aromatic carbocycles. The van der Waals surface area contributed by atoms with Crippen molar-refractivity contribution in [2.75, 3.05) is 12.4 Å². The molecule has 0 radical (unpaired) electrons. The summed E-state index contributed by atoms with van der Waals surface area (Å²) in [5.41, 5.74) is 0. The number of hydrogen-bond acceptors (Lipinski definition) is 3. The monoisotopic (exact) mass is 319 g/mol. The topological polar surface area (TPSA) is 55.2 Å². The van der Waals surface area contributed by atoms with Crippen molar-refractivity contribution in [3.63, 3.8) is 0 Å². The van der Waals surface area contributed by atoms with Gasteiger partial charge in [0.25, 0.3) is 10.0 Å². The molecule has 0 saturated carbocycles. The molecule has 0 N–H and O–H groups in total. The van der Waals surface area contributed by atoms with E-state index < -0.39 is 10.0 Å². The highest BCUT2D eigenvalue weighted by atomic mass is 35.5. The quantitative estimate of drug-likeness (QED) is 0.782. The summed E-state index contributed by atoms with van der Waals surface area (Å²) in [5.74, 6) is 1.36. The summed E-state index contributed by atoms with van der Waals surface area (Å²) < 4.78 is 28.8. The van der Waals surface area contributed by atoms with Crippen molar-refractivity contribution in [2.24, 2.45) is 5.92 Å². The van der Waals surface area contributed by atoms with Gasteiger partial charge in [-0.3, -0.25) is 0 Å². The van der Waals surface area contributed by atoms with Crippen LogP contribution in [0, 0.1) is 12.8 Å². The smallest absolute Gasteiger partial charge is 0.262 e. The van der Waals surface area contributed by atoms with Gasteiger partial charge in [-0.15, -0.1) is 11.6 Å². The van der Waals surface area contributed by atoms with E-state index in [1.165, 1.54) is 4.31 Å². The van der Waals surface area contributed by atoms with Crippen LogP contribution in [0.1, 0.15) is 32.5 Å². The summed E-state index contributed by atoms with van der Waals surface area (Å²) in [6.07, 6.45) is 3.44. The van der Waals surface area contributed by atoms with E-state index >= 15 is 0 Å². The maximum absolute atomic E-state index is 12.7. The molecule has 2 rings (SSSR count). The van der Waals surface area contributed by atoms with Crippen LogP contribution in [0.5, 0.6) is 0 Å². The van der Waals surface area contributed by atoms with Gasteiger partial charge in [-0.05, 0) is 25.7 Å². The van der Waals surface area contributed by atoms with Crippen molar-refractivity contribution >= 4 is 21.6 Å². The first-order chi connectivity index (χ1) is 9.41. The van der Waals surface area contributed by atoms with Gasteiger partial charge in [0.15, 0.2) is 5.03 Å². The second-order valence-electron chi connectivity index (χ2n) is 5.42. The number of imidazole rings is 1. The van der Waals surface area contributed by atoms with E-state index in [2.05, 4.69) is 11.9 Å². The second kappa shape index (κ2) is 6.03. The lowest BCUT2D eigenvalue weighted by Crippen LogP contribution is -2.38. The fraction of sp³-hybridized carbons (Fsp3) is 0.769. The molecule has 5 nitrogen and oxygen atoms in total. The Morgan fingerprint density at radius 1 is 1.50 bits per heavy atom. The molecule has 1 aromatic heterocycles. The molecule has 0 amide bonds. The summed E-state index contributed by atoms with van der Waals surface area (Å²) in [5, 5.41) is 0.146. The number of aromatic nitrogens is 2. The molecule has 0 bridgehead atoms. The van der Waals surface area contributed by atoms with Crippen LogP contribution < -0.4 is 0 Å². The average Bonchev–Trinajstić information content (AvgIpc) is 2.94. The van der Waals surface area contributed by atoms with Crippen molar-refractivity contribution in [1.82, 2.24) is 13.9 Å². The van der Waals surface area contributed by atoms with E-state index in [9.17, 15) is 8.42 Å². The minimum atomic E-state index is -3.54. The van der Waals surface area contributed by atoms with Gasteiger partial charge in [-0.1, -0.05) is 13.8 Å². The predicted octanol–water partition coefficient (Wildman–Crippen LogP) is 2.24. The van der Waals surface area contributed by atoms with Crippen molar-refractivity contribution in [1.29, 1.82) is 0 Å². The Kier molecular flexibility index (Phi) is 4.76. The number of aryl methyl sites for hydroxylation is 2. The van der Waals surface area contributed by atoms with Gasteiger partial charge in [0.1, 0.15) is 5.82 Å². The SMILES string of the molecule is CCCn1cc(S(=O)(=O)N2CCC(C)C2CCl)nc1C. The Labute approximate surface area is 126 Å². The van der Waals surface area contributed by atoms with E-state index in [0.717, 1.165) is 25.2 Å². The standard InChI is InChI=1S/C13H22ClN3O2S/c1-4-6-16-9-13(15-11(16)3)20(18,19)17-7-5-10(2)12(17)8-14/h9-10,12H,4-8H2,1-3H3. The molecule has 7 heteroatoms. The lowest BCUT2D eigenvalue weighted by atomic mass is 10.1. The fourth-order valence-corrected chi connectivity index (χ4v) is 4.98. The molecule has 1 fully saturated rings. The second-order valence-corrected chi connectivity index (χ2v) is 7.57. The number of hydrogen-bond donors (Lipinski definition) is 0. The van der Waals surface area contributed by atoms with Crippen LogP contribution in [0.3, 0.4) is 0 Å². The maximum Gasteiger partial charge on any atom is 0.262 e. The van der Waals surface area contributed by atoms with Crippen molar-refractivity contribution < 1.29 is 8.42 Å². The Hall–Kier alpha value is -0.590. The molecular weight excluding hydrogens is 298 g/mol. The third-order valence-corrected chi connectivity index (χ3v) is 6.09. The van der Waals surface area contributed by atoms with Gasteiger partial charge in [-0.25, -0.2) is 13.4 Å². The molecule has 1 aromatic rings. The molecule has 2 unspecified atom stereocenters. The van der Waals surface area contributed by atoms with E-state index in [0.29, 0.717) is 18.3 Å². The number of halogens is 1. The normalized spacial score (nSPS) is 24.4. The minimum absolute atomic E-state index is 0.127. The largest absolute Gasteiger partial charge is 0.334 e. The number of rotatable bonds is 5. The maximum atomic E-state index is 12.7. The summed E-state index contributed by atoms with van der Waals surface area (Å²) in [7, 11) is -3.54. The molecule has 114 valence electrons. The zero-order valence-electron chi connectivity index (χ0n) is 12.2. The molecule has 0 aliphatic carbocycles. The third kappa shape index (κ3) is 2.73. The third-order valence-electron chi connectivity index (χ3n) is 3.98. The van der Waals surface area contributed by atoms with Gasteiger partial charge in [0, 0.05) is 31.2 Å². The fourth-order valence-electron chi connectivity index (χ4n) is 2.69. The number of alkyl halides is 1. The van der Waals surface area contributed by atoms with Gasteiger partial charge < -0.3 is 4.57 Å². The number of sulfonamides is 1. The predicted molar refractivity (Wildman–Crippen MR) is 79.4 cm³/mol. The van der Waals surface area contributed by atoms with Crippen LogP contribution in [-0.2, 0) is 16.6 Å². The zero-order chi connectivity index (χ0) is 14.9. The van der Waals surface area contributed by atoms with E-state index in [1.807, 2.05) is 18.4 Å². The summed E-state index contributed by atoms with van der Waals surface area (Å²) >= 11 is 5.95. The van der Waals surface area contributed by atoms with E-state index in [4.69, 9.17) is 11.6 Å². The van der Waals surface area contributed by atoms with Gasteiger partial charge >= 0.3 is 0 Å². The van der Waals surface area contributed by atoms with Crippen molar-refractivity contribution in [3.05, 3.63) is 12.0 Å². The minimum Gasteiger partial charge on any atom is -0.334 e. The van der Waals surface area contributed by atoms with Crippen LogP contribution in [-0.4, -0.2) is 40.7 Å². The van der Waals surface area contributed by atoms with E-state index in [1.54, 1.807) is 6.20 Å². The van der Waals surface area contributed by atoms with Crippen molar-refractivity contribution in [2.45, 2.75) is 51.2 Å². The molecule has 0 spiro atoms. The highest BCUT2D eigenvalue weighted by molar-refractivity contribution is 7.89. The van der Waals surface area contributed by atoms with Crippen LogP contribution in [0.2, 0.25) is 0 Å². The number of nitrogens with zero attached hydrogens (tertiary/aromatic N) is 3. The first-order valence-corrected chi connectivity index (χ1v) is 9.00. The Morgan fingerprint density at radius 2 is 2.20 bits per heavy atom. The van der Waals surface area contributed by atoms with Crippen LogP contribution in [0.25, 0.3) is 0 Å². The van der Waals surface area contributed by atoms with Gasteiger partial charge in [-0.2, -0.15) is 4.31 Å². The first-order valence-electron chi connectivity index (χ1n) is 7.03. The Morgan fingerprint density at radius 3 is 2.80 bits per heavy atom. The molecular formula is C13H22ClN3O2S. The average molecular weight is 320 g/mol. The lowest BCUT2D eigenvalue weighted by molar-refractivity contribution is 0.374. The summed E-state index contributed by atoms with van der Waals surface area (Å²) in [6, 6.07) is -0.127. The summed E-state index contributed by atoms with van der Waals surface area (Å²) in [4.78, 5) is 4.23. The van der Waals surface area contributed by atoms with Crippen LogP contribution in [0.15, 0.2) is 11.2 Å². The van der Waals surface area contributed by atoms with Crippen molar-refractivity contribution in [3.8, 4) is 0 Å². The molecule has 1 saturated heterocycles. The molecule has 1 aliphatic rings. The molecule has 2 heterocycles. The van der Waals surface area contributed by atoms with Gasteiger partial charge in [0.2, 0.25) is 0 Å². The van der Waals surface area contributed by atoms with Gasteiger partial charge in [0.05, 0.1) is 0 Å². The van der Waals surface area contributed by atoms with Crippen LogP contribution in [0.4, 0.5) is 0 Å². The van der Waals surface area contributed by atoms with E-state index in [-0.39, 0.29) is 11.1 Å². The molecule has 20 heavy (non-hydrogen) atoms. The first kappa shape index (κ1) is 15.8. The zero-order valence-corrected chi connectivity index (χ0v) is 13.8.